The number of ether oxygens (including phenoxy) is 1. The lowest BCUT2D eigenvalue weighted by Gasteiger charge is -2.21. The van der Waals surface area contributed by atoms with Crippen molar-refractivity contribution in [3.63, 3.8) is 0 Å². The Hall–Kier alpha value is -3.30. The van der Waals surface area contributed by atoms with Crippen molar-refractivity contribution in [3.05, 3.63) is 64.5 Å². The van der Waals surface area contributed by atoms with Crippen molar-refractivity contribution in [1.29, 1.82) is 0 Å². The molecule has 8 nitrogen and oxygen atoms in total. The summed E-state index contributed by atoms with van der Waals surface area (Å²) in [6, 6.07) is 10.8. The van der Waals surface area contributed by atoms with E-state index in [1.807, 2.05) is 38.4 Å². The number of hydrogen-bond donors (Lipinski definition) is 1. The first-order chi connectivity index (χ1) is 20.8. The van der Waals surface area contributed by atoms with Crippen LogP contribution in [0.25, 0.3) is 10.4 Å². The molecule has 43 heavy (non-hydrogen) atoms. The number of nitrogens with one attached hydrogen (secondary N) is 1. The van der Waals surface area contributed by atoms with Gasteiger partial charge in [-0.1, -0.05) is 63.6 Å². The second-order valence-electron chi connectivity index (χ2n) is 10.9. The fraction of sp³-hybridized carbons (Fsp3) is 0.529. The Kier molecular flexibility index (Phi) is 16.5. The van der Waals surface area contributed by atoms with Crippen molar-refractivity contribution in [2.45, 2.75) is 92.2 Å². The number of likely N-dealkylation sites (tertiary alicyclic amines) is 1. The molecule has 236 valence electrons. The molecule has 1 saturated carbocycles. The summed E-state index contributed by atoms with van der Waals surface area (Å²) in [6.45, 7) is 14.5. The van der Waals surface area contributed by atoms with Crippen LogP contribution in [0, 0.1) is 12.8 Å². The van der Waals surface area contributed by atoms with Gasteiger partial charge in [-0.25, -0.2) is 4.98 Å². The number of nitrogens with zero attached hydrogens (tertiary/aromatic N) is 3. The van der Waals surface area contributed by atoms with Crippen LogP contribution >= 0.6 is 11.3 Å². The molecular weight excluding hydrogens is 560 g/mol. The normalized spacial score (nSPS) is 16.3. The van der Waals surface area contributed by atoms with Gasteiger partial charge in [0.1, 0.15) is 12.4 Å². The van der Waals surface area contributed by atoms with Gasteiger partial charge in [0.25, 0.3) is 5.88 Å². The summed E-state index contributed by atoms with van der Waals surface area (Å²) >= 11 is 1.64. The van der Waals surface area contributed by atoms with Crippen LogP contribution in [0.15, 0.2) is 52.0 Å². The fourth-order valence-electron chi connectivity index (χ4n) is 4.61. The number of rotatable bonds is 10. The lowest BCUT2D eigenvalue weighted by Crippen LogP contribution is -2.20. The van der Waals surface area contributed by atoms with Crippen LogP contribution in [0.1, 0.15) is 89.7 Å². The van der Waals surface area contributed by atoms with Gasteiger partial charge >= 0.3 is 0 Å². The van der Waals surface area contributed by atoms with E-state index in [4.69, 9.17) is 9.26 Å². The Labute approximate surface area is 261 Å². The van der Waals surface area contributed by atoms with Crippen LogP contribution in [0.5, 0.6) is 5.88 Å². The number of aldehydes is 1. The standard InChI is InChI=1S/C14H19NO3.C12H12N2OS.C6H13N.C2H6/c1-10(2)12(8-11-4-3-5-11)13-9-14(15-18-13)17-7-6-16;1-9-12(16-8-14-9)11-4-2-10(3-5-11)6-13-7-15;1-6-4-3-5-7(6)2;1-2/h6,8-10,12H,3-5,7H2,1-2H3;2-5,7-8H,6H2,1H3,(H,13,15);6H,3-5H2,1-2H3;1-2H3. The summed E-state index contributed by atoms with van der Waals surface area (Å²) < 4.78 is 10.4. The number of aryl methyl sites for hydroxylation is 1. The molecular formula is C34H50N4O4S. The Bertz CT molecular complexity index is 1220. The SMILES string of the molecule is CC.CC(C)C(C=C1CCC1)c1cc(OCC=O)no1.CC1CCCN1C.Cc1ncsc1-c1ccc(CNC=O)cc1. The summed E-state index contributed by atoms with van der Waals surface area (Å²) in [7, 11) is 2.19. The van der Waals surface area contributed by atoms with Crippen LogP contribution in [0.4, 0.5) is 0 Å². The topological polar surface area (TPSA) is 97.6 Å². The lowest BCUT2D eigenvalue weighted by molar-refractivity contribution is -0.110. The summed E-state index contributed by atoms with van der Waals surface area (Å²) in [5.74, 6) is 1.88. The molecule has 0 radical (unpaired) electrons. The average Bonchev–Trinajstić information content (AvgIpc) is 3.74. The maximum absolute atomic E-state index is 10.2. The number of aromatic nitrogens is 2. The first-order valence-corrected chi connectivity index (χ1v) is 16.3. The van der Waals surface area contributed by atoms with E-state index in [1.165, 1.54) is 54.7 Å². The number of carbonyl (C=O) groups is 2. The van der Waals surface area contributed by atoms with Gasteiger partial charge in [-0.05, 0) is 81.7 Å². The average molecular weight is 611 g/mol. The van der Waals surface area contributed by atoms with E-state index in [1.54, 1.807) is 17.4 Å². The van der Waals surface area contributed by atoms with E-state index >= 15 is 0 Å². The van der Waals surface area contributed by atoms with Crippen molar-refractivity contribution in [2.75, 3.05) is 20.2 Å². The molecule has 5 rings (SSSR count). The Morgan fingerprint density at radius 3 is 2.35 bits per heavy atom. The van der Waals surface area contributed by atoms with Gasteiger partial charge in [0.05, 0.1) is 16.1 Å². The minimum Gasteiger partial charge on any atom is -0.468 e. The number of allylic oxidation sites excluding steroid dienone is 2. The van der Waals surface area contributed by atoms with Crippen LogP contribution in [0.3, 0.4) is 0 Å². The first-order valence-electron chi connectivity index (χ1n) is 15.4. The molecule has 2 atom stereocenters. The van der Waals surface area contributed by atoms with E-state index < -0.39 is 0 Å². The van der Waals surface area contributed by atoms with Crippen LogP contribution in [-0.4, -0.2) is 54.0 Å². The van der Waals surface area contributed by atoms with Gasteiger partial charge in [0, 0.05) is 24.6 Å². The van der Waals surface area contributed by atoms with Gasteiger partial charge in [-0.2, -0.15) is 0 Å². The first kappa shape index (κ1) is 35.9. The molecule has 2 aromatic heterocycles. The number of thiazole rings is 1. The molecule has 2 aliphatic rings. The minimum atomic E-state index is 0.0133. The van der Waals surface area contributed by atoms with Crippen molar-refractivity contribution < 1.29 is 18.8 Å². The molecule has 1 aliphatic heterocycles. The van der Waals surface area contributed by atoms with Crippen molar-refractivity contribution >= 4 is 24.0 Å². The highest BCUT2D eigenvalue weighted by molar-refractivity contribution is 7.13. The minimum absolute atomic E-state index is 0.0133. The zero-order valence-electron chi connectivity index (χ0n) is 27.0. The molecule has 3 aromatic rings. The maximum atomic E-state index is 10.2. The van der Waals surface area contributed by atoms with E-state index in [-0.39, 0.29) is 12.5 Å². The van der Waals surface area contributed by atoms with Gasteiger partial charge in [0.2, 0.25) is 6.41 Å². The van der Waals surface area contributed by atoms with Crippen molar-refractivity contribution in [3.8, 4) is 16.3 Å². The summed E-state index contributed by atoms with van der Waals surface area (Å²) in [5.41, 5.74) is 6.68. The van der Waals surface area contributed by atoms with Crippen molar-refractivity contribution in [2.24, 2.45) is 5.92 Å². The number of benzene rings is 1. The maximum Gasteiger partial charge on any atom is 0.254 e. The molecule has 1 amide bonds. The van der Waals surface area contributed by atoms with E-state index in [0.717, 1.165) is 23.1 Å². The second kappa shape index (κ2) is 19.8. The molecule has 9 heteroatoms. The highest BCUT2D eigenvalue weighted by atomic mass is 32.1. The third-order valence-corrected chi connectivity index (χ3v) is 8.48. The van der Waals surface area contributed by atoms with E-state index in [0.29, 0.717) is 31.0 Å². The van der Waals surface area contributed by atoms with Crippen LogP contribution in [-0.2, 0) is 16.1 Å². The molecule has 2 unspecified atom stereocenters. The highest BCUT2D eigenvalue weighted by Gasteiger charge is 2.21. The molecule has 3 heterocycles. The monoisotopic (exact) mass is 610 g/mol. The van der Waals surface area contributed by atoms with E-state index in [9.17, 15) is 9.59 Å². The summed E-state index contributed by atoms with van der Waals surface area (Å²) in [4.78, 5) is 28.2. The molecule has 0 spiro atoms. The fourth-order valence-corrected chi connectivity index (χ4v) is 5.42. The second-order valence-corrected chi connectivity index (χ2v) is 11.8. The Morgan fingerprint density at radius 2 is 1.88 bits per heavy atom. The predicted octanol–water partition coefficient (Wildman–Crippen LogP) is 7.59. The van der Waals surface area contributed by atoms with Crippen molar-refractivity contribution in [1.82, 2.24) is 20.4 Å². The van der Waals surface area contributed by atoms with Crippen LogP contribution < -0.4 is 10.1 Å². The number of amides is 1. The van der Waals surface area contributed by atoms with Gasteiger partial charge in [-0.15, -0.1) is 11.3 Å². The summed E-state index contributed by atoms with van der Waals surface area (Å²) in [5, 5.41) is 6.46. The van der Waals surface area contributed by atoms with Gasteiger partial charge in [-0.3, -0.25) is 9.59 Å². The predicted molar refractivity (Wildman–Crippen MR) is 175 cm³/mol. The molecule has 1 N–H and O–H groups in total. The number of hydrogen-bond acceptors (Lipinski definition) is 8. The van der Waals surface area contributed by atoms with Gasteiger partial charge in [0.15, 0.2) is 6.29 Å². The molecule has 1 aromatic carbocycles. The third-order valence-electron chi connectivity index (χ3n) is 7.50. The number of carbonyl (C=O) groups excluding carboxylic acids is 2. The molecule has 1 aliphatic carbocycles. The highest BCUT2D eigenvalue weighted by Crippen LogP contribution is 2.34. The quantitative estimate of drug-likeness (QED) is 0.187. The lowest BCUT2D eigenvalue weighted by atomic mass is 9.84. The smallest absolute Gasteiger partial charge is 0.254 e. The van der Waals surface area contributed by atoms with Crippen LogP contribution in [0.2, 0.25) is 0 Å². The molecule has 1 saturated heterocycles. The Morgan fingerprint density at radius 1 is 1.16 bits per heavy atom. The van der Waals surface area contributed by atoms with E-state index in [2.05, 4.69) is 66.4 Å². The zero-order valence-corrected chi connectivity index (χ0v) is 27.8. The Balaban J connectivity index is 0.000000236. The third kappa shape index (κ3) is 12.1. The molecule has 2 fully saturated rings. The largest absolute Gasteiger partial charge is 0.468 e. The molecule has 0 bridgehead atoms. The van der Waals surface area contributed by atoms with Gasteiger partial charge < -0.3 is 19.5 Å². The summed E-state index contributed by atoms with van der Waals surface area (Å²) in [6.07, 6.45) is 10.2. The zero-order chi connectivity index (χ0) is 31.6.